The molecule has 0 unspecified atom stereocenters. The van der Waals surface area contributed by atoms with Gasteiger partial charge in [-0.2, -0.15) is 0 Å². The molecule has 0 saturated heterocycles. The van der Waals surface area contributed by atoms with Crippen LogP contribution in [-0.2, 0) is 4.79 Å². The molecule has 0 spiro atoms. The summed E-state index contributed by atoms with van der Waals surface area (Å²) in [5.74, 6) is -0.833. The van der Waals surface area contributed by atoms with Crippen LogP contribution in [-0.4, -0.2) is 21.7 Å². The van der Waals surface area contributed by atoms with Gasteiger partial charge in [-0.15, -0.1) is 0 Å². The largest absolute Gasteiger partial charge is 0.481 e. The van der Waals surface area contributed by atoms with Crippen molar-refractivity contribution in [1.29, 1.82) is 0 Å². The molecule has 0 heterocycles. The Balaban J connectivity index is 0. The normalized spacial score (nSPS) is 6.14. The van der Waals surface area contributed by atoms with E-state index in [9.17, 15) is 0 Å². The summed E-state index contributed by atoms with van der Waals surface area (Å²) in [6, 6.07) is 0. The molecule has 44 valence electrons. The van der Waals surface area contributed by atoms with Gasteiger partial charge in [0, 0.05) is 6.92 Å². The van der Waals surface area contributed by atoms with Gasteiger partial charge in [0.05, 0.1) is 5.52 Å². The van der Waals surface area contributed by atoms with E-state index < -0.39 is 5.97 Å². The van der Waals surface area contributed by atoms with Gasteiger partial charge in [-0.3, -0.25) is 4.79 Å². The maximum Gasteiger partial charge on any atom is 0.300 e. The minimum Gasteiger partial charge on any atom is -0.481 e. The van der Waals surface area contributed by atoms with Crippen molar-refractivity contribution in [1.82, 2.24) is 0 Å². The molecule has 0 aromatic rings. The molecule has 0 saturated carbocycles. The van der Waals surface area contributed by atoms with Crippen LogP contribution >= 0.6 is 15.9 Å². The van der Waals surface area contributed by atoms with Crippen molar-refractivity contribution in [2.75, 3.05) is 5.52 Å². The predicted octanol–water partition coefficient (Wildman–Crippen LogP) is 0.422. The Hall–Kier alpha value is -0.0900. The first kappa shape index (κ1) is 10.0. The van der Waals surface area contributed by atoms with Crippen molar-refractivity contribution in [2.45, 2.75) is 6.92 Å². The first-order valence-electron chi connectivity index (χ1n) is 1.51. The monoisotopic (exact) mass is 170 g/mol. The van der Waals surface area contributed by atoms with Gasteiger partial charge < -0.3 is 10.2 Å². The Morgan fingerprint density at radius 2 is 1.86 bits per heavy atom. The molecule has 0 bridgehead atoms. The third-order valence-corrected chi connectivity index (χ3v) is 0. The predicted molar refractivity (Wildman–Crippen MR) is 29.3 cm³/mol. The zero-order valence-corrected chi connectivity index (χ0v) is 5.47. The third-order valence-electron chi connectivity index (χ3n) is 0. The summed E-state index contributed by atoms with van der Waals surface area (Å²) in [6.07, 6.45) is 0. The van der Waals surface area contributed by atoms with Crippen LogP contribution in [0.5, 0.6) is 0 Å². The lowest BCUT2D eigenvalue weighted by Gasteiger charge is -1.59. The van der Waals surface area contributed by atoms with E-state index in [-0.39, 0.29) is 5.52 Å². The highest BCUT2D eigenvalue weighted by Crippen LogP contribution is 1.62. The van der Waals surface area contributed by atoms with Crippen LogP contribution in [0, 0.1) is 0 Å². The number of carboxylic acid groups (broad SMARTS) is 1. The number of hydrogen-bond donors (Lipinski definition) is 2. The van der Waals surface area contributed by atoms with E-state index in [1.807, 2.05) is 0 Å². The SMILES string of the molecule is CC(=O)O.OCBr. The Labute approximate surface area is 50.1 Å². The van der Waals surface area contributed by atoms with E-state index in [4.69, 9.17) is 15.0 Å². The van der Waals surface area contributed by atoms with Crippen molar-refractivity contribution >= 4 is 21.9 Å². The number of alkyl halides is 1. The molecule has 3 nitrogen and oxygen atoms in total. The summed E-state index contributed by atoms with van der Waals surface area (Å²) < 4.78 is 0. The quantitative estimate of drug-likeness (QED) is 0.519. The summed E-state index contributed by atoms with van der Waals surface area (Å²) >= 11 is 2.70. The minimum atomic E-state index is -0.833. The summed E-state index contributed by atoms with van der Waals surface area (Å²) in [5, 5.41) is 14.9. The van der Waals surface area contributed by atoms with E-state index in [0.29, 0.717) is 0 Å². The zero-order chi connectivity index (χ0) is 6.28. The molecule has 0 aliphatic carbocycles. The van der Waals surface area contributed by atoms with Gasteiger partial charge in [-0.1, -0.05) is 15.9 Å². The number of halogens is 1. The molecule has 0 radical (unpaired) electrons. The smallest absolute Gasteiger partial charge is 0.300 e. The van der Waals surface area contributed by atoms with E-state index in [1.165, 1.54) is 0 Å². The fourth-order valence-corrected chi connectivity index (χ4v) is 0. The molecular weight excluding hydrogens is 164 g/mol. The van der Waals surface area contributed by atoms with Crippen molar-refractivity contribution < 1.29 is 15.0 Å². The number of hydrogen-bond acceptors (Lipinski definition) is 2. The second-order valence-electron chi connectivity index (χ2n) is 0.639. The van der Waals surface area contributed by atoms with Crippen LogP contribution in [0.25, 0.3) is 0 Å². The fourth-order valence-electron chi connectivity index (χ4n) is 0. The molecule has 0 rings (SSSR count). The van der Waals surface area contributed by atoms with Crippen molar-refractivity contribution in [2.24, 2.45) is 0 Å². The summed E-state index contributed by atoms with van der Waals surface area (Å²) in [4.78, 5) is 9.00. The second-order valence-corrected chi connectivity index (χ2v) is 1.14. The minimum absolute atomic E-state index is 0.0625. The Morgan fingerprint density at radius 1 is 1.86 bits per heavy atom. The Morgan fingerprint density at radius 3 is 1.86 bits per heavy atom. The first-order valence-corrected chi connectivity index (χ1v) is 2.63. The molecule has 0 aliphatic heterocycles. The highest BCUT2D eigenvalue weighted by Gasteiger charge is 1.65. The average Bonchev–Trinajstić information content (AvgIpc) is 1.33. The van der Waals surface area contributed by atoms with Gasteiger partial charge in [-0.05, 0) is 0 Å². The van der Waals surface area contributed by atoms with Gasteiger partial charge >= 0.3 is 0 Å². The van der Waals surface area contributed by atoms with Crippen LogP contribution in [0.1, 0.15) is 6.92 Å². The van der Waals surface area contributed by atoms with Gasteiger partial charge in [0.1, 0.15) is 0 Å². The third kappa shape index (κ3) is 11200. The van der Waals surface area contributed by atoms with Crippen LogP contribution < -0.4 is 0 Å². The van der Waals surface area contributed by atoms with Gasteiger partial charge in [0.15, 0.2) is 0 Å². The molecule has 0 aliphatic rings. The summed E-state index contributed by atoms with van der Waals surface area (Å²) in [5.41, 5.74) is 0.0625. The molecule has 7 heavy (non-hydrogen) atoms. The van der Waals surface area contributed by atoms with Crippen molar-refractivity contribution in [3.05, 3.63) is 0 Å². The average molecular weight is 171 g/mol. The number of aliphatic carboxylic acids is 1. The topological polar surface area (TPSA) is 57.5 Å². The number of aliphatic hydroxyl groups is 1. The number of aliphatic hydroxyl groups excluding tert-OH is 1. The standard InChI is InChI=1S/C2H4O2.CH3BrO/c1-2(3)4;2-1-3/h1H3,(H,3,4);3H,1H2. The Kier molecular flexibility index (Phi) is 13.3. The molecule has 4 heteroatoms. The maximum atomic E-state index is 9.00. The summed E-state index contributed by atoms with van der Waals surface area (Å²) in [7, 11) is 0. The first-order chi connectivity index (χ1) is 3.15. The van der Waals surface area contributed by atoms with E-state index in [1.54, 1.807) is 0 Å². The lowest BCUT2D eigenvalue weighted by Crippen LogP contribution is -1.78. The van der Waals surface area contributed by atoms with E-state index >= 15 is 0 Å². The second kappa shape index (κ2) is 9.32. The molecule has 0 amide bonds. The Bertz CT molecular complexity index is 41.4. The van der Waals surface area contributed by atoms with Gasteiger partial charge in [-0.25, -0.2) is 0 Å². The molecule has 0 aromatic heterocycles. The summed E-state index contributed by atoms with van der Waals surface area (Å²) in [6.45, 7) is 1.08. The molecule has 0 fully saturated rings. The molecular formula is C3H7BrO3. The van der Waals surface area contributed by atoms with Crippen LogP contribution in [0.15, 0.2) is 0 Å². The maximum absolute atomic E-state index is 9.00. The fraction of sp³-hybridized carbons (Fsp3) is 0.667. The lowest BCUT2D eigenvalue weighted by molar-refractivity contribution is -0.134. The van der Waals surface area contributed by atoms with Gasteiger partial charge in [0.25, 0.3) is 5.97 Å². The van der Waals surface area contributed by atoms with Gasteiger partial charge in [0.2, 0.25) is 0 Å². The number of carbonyl (C=O) groups is 1. The van der Waals surface area contributed by atoms with Crippen molar-refractivity contribution in [3.63, 3.8) is 0 Å². The van der Waals surface area contributed by atoms with Crippen molar-refractivity contribution in [3.8, 4) is 0 Å². The highest BCUT2D eigenvalue weighted by molar-refractivity contribution is 9.09. The van der Waals surface area contributed by atoms with Crippen LogP contribution in [0.2, 0.25) is 0 Å². The molecule has 0 atom stereocenters. The molecule has 0 aromatic carbocycles. The van der Waals surface area contributed by atoms with E-state index in [2.05, 4.69) is 15.9 Å². The number of carboxylic acids is 1. The highest BCUT2D eigenvalue weighted by atomic mass is 79.9. The number of rotatable bonds is 0. The van der Waals surface area contributed by atoms with Crippen LogP contribution in [0.4, 0.5) is 0 Å². The molecule has 2 N–H and O–H groups in total. The zero-order valence-electron chi connectivity index (χ0n) is 3.89. The van der Waals surface area contributed by atoms with Crippen LogP contribution in [0.3, 0.4) is 0 Å². The lowest BCUT2D eigenvalue weighted by atomic mass is 10.9. The van der Waals surface area contributed by atoms with E-state index in [0.717, 1.165) is 6.92 Å².